The van der Waals surface area contributed by atoms with E-state index >= 15 is 0 Å². The fourth-order valence-corrected chi connectivity index (χ4v) is 9.26. The summed E-state index contributed by atoms with van der Waals surface area (Å²) in [5.74, 6) is 0. The van der Waals surface area contributed by atoms with E-state index in [0.29, 0.717) is 0 Å². The highest BCUT2D eigenvalue weighted by Crippen LogP contribution is 2.51. The smallest absolute Gasteiger partial charge is 0.0546 e. The van der Waals surface area contributed by atoms with Crippen LogP contribution in [0, 0.1) is 6.92 Å². The van der Waals surface area contributed by atoms with Crippen LogP contribution in [0.2, 0.25) is 0 Å². The fourth-order valence-electron chi connectivity index (χ4n) is 9.26. The van der Waals surface area contributed by atoms with Crippen molar-refractivity contribution in [3.05, 3.63) is 206 Å². The number of anilines is 3. The Labute approximate surface area is 331 Å². The SMILES string of the molecule is Cc1ccc(N(c2ccc3cc4c(cc3c2)-c2cc3ccc(-n5c6ccccc6c6ccccc65)cc3cc2-4)c2cc3ccccc3cc2-c2ccccc2)cc1. The summed E-state index contributed by atoms with van der Waals surface area (Å²) >= 11 is 0. The van der Waals surface area contributed by atoms with Gasteiger partial charge in [0.05, 0.1) is 16.7 Å². The summed E-state index contributed by atoms with van der Waals surface area (Å²) in [6.45, 7) is 2.15. The molecule has 0 unspecified atom stereocenters. The highest BCUT2D eigenvalue weighted by molar-refractivity contribution is 6.13. The van der Waals surface area contributed by atoms with Crippen LogP contribution in [0.1, 0.15) is 5.56 Å². The minimum absolute atomic E-state index is 1.13. The van der Waals surface area contributed by atoms with E-state index in [0.717, 1.165) is 17.1 Å². The molecule has 12 rings (SSSR count). The second-order valence-electron chi connectivity index (χ2n) is 15.5. The molecule has 1 heterocycles. The van der Waals surface area contributed by atoms with E-state index in [4.69, 9.17) is 0 Å². The van der Waals surface area contributed by atoms with Gasteiger partial charge >= 0.3 is 0 Å². The van der Waals surface area contributed by atoms with Crippen LogP contribution in [0.3, 0.4) is 0 Å². The highest BCUT2D eigenvalue weighted by atomic mass is 15.1. The molecule has 1 aliphatic carbocycles. The molecule has 1 aliphatic rings. The normalized spacial score (nSPS) is 11.9. The molecule has 0 saturated heterocycles. The molecule has 0 amide bonds. The standard InChI is InChI=1S/C55H36N2/c1-35-19-23-43(24-20-35)56(55-34-38-14-6-5-13-37(38)29-48(55)36-11-3-2-4-12-36)44-25-21-39-30-49-51(32-41(39)27-44)50-31-40-22-26-45(28-42(40)33-52(49)50)57-53-17-9-7-15-46(53)47-16-8-10-18-54(47)57/h2-34H,1H3. The minimum atomic E-state index is 1.13. The minimum Gasteiger partial charge on any atom is -0.310 e. The Morgan fingerprint density at radius 2 is 0.842 bits per heavy atom. The maximum Gasteiger partial charge on any atom is 0.0546 e. The molecule has 0 fully saturated rings. The van der Waals surface area contributed by atoms with E-state index in [-0.39, 0.29) is 0 Å². The number of rotatable bonds is 5. The lowest BCUT2D eigenvalue weighted by Gasteiger charge is -2.29. The summed E-state index contributed by atoms with van der Waals surface area (Å²) in [5, 5.41) is 10.0. The third kappa shape index (κ3) is 4.97. The van der Waals surface area contributed by atoms with Gasteiger partial charge in [0.25, 0.3) is 0 Å². The van der Waals surface area contributed by atoms with E-state index in [2.05, 4.69) is 217 Å². The second kappa shape index (κ2) is 12.3. The predicted octanol–water partition coefficient (Wildman–Crippen LogP) is 15.3. The zero-order chi connectivity index (χ0) is 37.6. The van der Waals surface area contributed by atoms with Gasteiger partial charge in [0.15, 0.2) is 0 Å². The van der Waals surface area contributed by atoms with Crippen LogP contribution in [0.15, 0.2) is 200 Å². The molecule has 0 saturated carbocycles. The molecular formula is C55H36N2. The zero-order valence-electron chi connectivity index (χ0n) is 31.4. The quantitative estimate of drug-likeness (QED) is 0.172. The Bertz CT molecular complexity index is 3350. The summed E-state index contributed by atoms with van der Waals surface area (Å²) in [7, 11) is 0. The van der Waals surface area contributed by atoms with Crippen LogP contribution >= 0.6 is 0 Å². The first-order chi connectivity index (χ1) is 28.1. The third-order valence-corrected chi connectivity index (χ3v) is 12.1. The molecule has 1 aromatic heterocycles. The monoisotopic (exact) mass is 724 g/mol. The summed E-state index contributed by atoms with van der Waals surface area (Å²) in [6, 6.07) is 74.0. The predicted molar refractivity (Wildman–Crippen MR) is 243 cm³/mol. The van der Waals surface area contributed by atoms with Crippen molar-refractivity contribution in [2.45, 2.75) is 6.92 Å². The first kappa shape index (κ1) is 31.9. The Morgan fingerprint density at radius 3 is 1.51 bits per heavy atom. The van der Waals surface area contributed by atoms with Gasteiger partial charge in [-0.15, -0.1) is 0 Å². The summed E-state index contributed by atoms with van der Waals surface area (Å²) < 4.78 is 2.41. The van der Waals surface area contributed by atoms with Gasteiger partial charge in [-0.1, -0.05) is 121 Å². The highest BCUT2D eigenvalue weighted by Gasteiger charge is 2.25. The van der Waals surface area contributed by atoms with Crippen LogP contribution in [0.25, 0.3) is 93.2 Å². The lowest BCUT2D eigenvalue weighted by Crippen LogP contribution is -2.11. The van der Waals surface area contributed by atoms with Crippen LogP contribution in [-0.4, -0.2) is 4.57 Å². The molecule has 2 heteroatoms. The Hall–Kier alpha value is -7.42. The summed E-state index contributed by atoms with van der Waals surface area (Å²) in [4.78, 5) is 2.43. The summed E-state index contributed by atoms with van der Waals surface area (Å²) in [5.41, 5.74) is 16.0. The molecule has 2 nitrogen and oxygen atoms in total. The number of hydrogen-bond acceptors (Lipinski definition) is 1. The van der Waals surface area contributed by atoms with Gasteiger partial charge in [0.1, 0.15) is 0 Å². The Balaban J connectivity index is 0.984. The molecule has 57 heavy (non-hydrogen) atoms. The van der Waals surface area contributed by atoms with Crippen molar-refractivity contribution in [2.24, 2.45) is 0 Å². The van der Waals surface area contributed by atoms with Crippen LogP contribution in [0.4, 0.5) is 17.1 Å². The number of fused-ring (bicyclic) bond motifs is 10. The van der Waals surface area contributed by atoms with Crippen LogP contribution < -0.4 is 4.90 Å². The number of benzene rings is 10. The molecule has 0 atom stereocenters. The summed E-state index contributed by atoms with van der Waals surface area (Å²) in [6.07, 6.45) is 0. The van der Waals surface area contributed by atoms with E-state index in [1.54, 1.807) is 0 Å². The van der Waals surface area contributed by atoms with E-state index < -0.39 is 0 Å². The topological polar surface area (TPSA) is 8.17 Å². The average molecular weight is 725 g/mol. The lowest BCUT2D eigenvalue weighted by molar-refractivity contribution is 1.19. The van der Waals surface area contributed by atoms with Gasteiger partial charge in [0.2, 0.25) is 0 Å². The van der Waals surface area contributed by atoms with Crippen LogP contribution in [0.5, 0.6) is 0 Å². The van der Waals surface area contributed by atoms with Crippen molar-refractivity contribution in [2.75, 3.05) is 4.90 Å². The molecule has 11 aromatic rings. The van der Waals surface area contributed by atoms with Crippen molar-refractivity contribution in [3.8, 4) is 39.1 Å². The van der Waals surface area contributed by atoms with Gasteiger partial charge in [0, 0.05) is 33.4 Å². The molecule has 10 aromatic carbocycles. The van der Waals surface area contributed by atoms with Crippen LogP contribution in [-0.2, 0) is 0 Å². The number of aromatic nitrogens is 1. The van der Waals surface area contributed by atoms with Crippen molar-refractivity contribution in [3.63, 3.8) is 0 Å². The third-order valence-electron chi connectivity index (χ3n) is 12.1. The number of aryl methyl sites for hydroxylation is 1. The molecule has 266 valence electrons. The van der Waals surface area contributed by atoms with Gasteiger partial charge < -0.3 is 9.47 Å². The Morgan fingerprint density at radius 1 is 0.351 bits per heavy atom. The number of nitrogens with zero attached hydrogens (tertiary/aromatic N) is 2. The first-order valence-electron chi connectivity index (χ1n) is 19.7. The van der Waals surface area contributed by atoms with Gasteiger partial charge in [-0.3, -0.25) is 0 Å². The van der Waals surface area contributed by atoms with Crippen molar-refractivity contribution in [1.82, 2.24) is 4.57 Å². The van der Waals surface area contributed by atoms with E-state index in [1.165, 1.54) is 98.8 Å². The average Bonchev–Trinajstić information content (AvgIpc) is 3.60. The van der Waals surface area contributed by atoms with Crippen molar-refractivity contribution < 1.29 is 0 Å². The largest absolute Gasteiger partial charge is 0.310 e. The van der Waals surface area contributed by atoms with E-state index in [9.17, 15) is 0 Å². The molecular weight excluding hydrogens is 689 g/mol. The van der Waals surface area contributed by atoms with Crippen molar-refractivity contribution >= 4 is 71.2 Å². The fraction of sp³-hybridized carbons (Fsp3) is 0.0182. The molecule has 0 radical (unpaired) electrons. The Kier molecular flexibility index (Phi) is 6.88. The van der Waals surface area contributed by atoms with Gasteiger partial charge in [-0.2, -0.15) is 0 Å². The molecule has 0 bridgehead atoms. The number of hydrogen-bond donors (Lipinski definition) is 0. The van der Waals surface area contributed by atoms with Gasteiger partial charge in [-0.25, -0.2) is 0 Å². The molecule has 0 spiro atoms. The zero-order valence-corrected chi connectivity index (χ0v) is 31.4. The maximum absolute atomic E-state index is 2.43. The van der Waals surface area contributed by atoms with Crippen molar-refractivity contribution in [1.29, 1.82) is 0 Å². The maximum atomic E-state index is 2.43. The lowest BCUT2D eigenvalue weighted by atomic mass is 9.78. The second-order valence-corrected chi connectivity index (χ2v) is 15.5. The first-order valence-corrected chi connectivity index (χ1v) is 19.7. The van der Waals surface area contributed by atoms with E-state index in [1.807, 2.05) is 0 Å². The van der Waals surface area contributed by atoms with Gasteiger partial charge in [-0.05, 0) is 152 Å². The molecule has 0 aliphatic heterocycles. The number of para-hydroxylation sites is 2. The molecule has 0 N–H and O–H groups in total.